The lowest BCUT2D eigenvalue weighted by atomic mass is 9.82. The summed E-state index contributed by atoms with van der Waals surface area (Å²) in [5, 5.41) is 3.09. The lowest BCUT2D eigenvalue weighted by molar-refractivity contribution is -0.142. The minimum absolute atomic E-state index is 0.172. The van der Waals surface area contributed by atoms with Gasteiger partial charge in [0, 0.05) is 39.3 Å². The van der Waals surface area contributed by atoms with E-state index in [0.717, 1.165) is 51.1 Å². The normalized spacial score (nSPS) is 20.6. The molecular formula is C22H26FN3O. The van der Waals surface area contributed by atoms with Crippen molar-refractivity contribution in [3.63, 3.8) is 0 Å². The number of hydrogen-bond donors (Lipinski definition) is 1. The van der Waals surface area contributed by atoms with Gasteiger partial charge in [-0.3, -0.25) is 14.6 Å². The lowest BCUT2D eigenvalue weighted by Gasteiger charge is -2.50. The number of hydrogen-bond acceptors (Lipinski definition) is 3. The number of piperazine rings is 1. The Hall–Kier alpha value is -2.24. The fourth-order valence-electron chi connectivity index (χ4n) is 4.33. The van der Waals surface area contributed by atoms with Crippen LogP contribution in [0.3, 0.4) is 0 Å². The number of likely N-dealkylation sites (tertiary alicyclic amines) is 1. The molecule has 2 heterocycles. The first-order chi connectivity index (χ1) is 13.2. The third kappa shape index (κ3) is 3.89. The largest absolute Gasteiger partial charge is 0.353 e. The molecule has 0 atom stereocenters. The molecule has 2 fully saturated rings. The summed E-state index contributed by atoms with van der Waals surface area (Å²) in [4.78, 5) is 17.6. The molecule has 0 saturated carbocycles. The van der Waals surface area contributed by atoms with Crippen LogP contribution in [0.25, 0.3) is 0 Å². The van der Waals surface area contributed by atoms with E-state index in [1.54, 1.807) is 0 Å². The van der Waals surface area contributed by atoms with Crippen molar-refractivity contribution in [1.29, 1.82) is 0 Å². The van der Waals surface area contributed by atoms with E-state index < -0.39 is 5.54 Å². The van der Waals surface area contributed by atoms with Crippen LogP contribution in [0.2, 0.25) is 0 Å². The second-order valence-electron chi connectivity index (χ2n) is 7.60. The van der Waals surface area contributed by atoms with Gasteiger partial charge in [-0.25, -0.2) is 4.39 Å². The number of piperidine rings is 1. The fourth-order valence-corrected chi connectivity index (χ4v) is 4.33. The van der Waals surface area contributed by atoms with Crippen LogP contribution in [0.4, 0.5) is 4.39 Å². The molecule has 4 rings (SSSR count). The van der Waals surface area contributed by atoms with Crippen LogP contribution in [0.1, 0.15) is 24.0 Å². The number of carbonyl (C=O) groups is 1. The standard InChI is InChI=1S/C22H26FN3O/c23-20-8-6-19(7-9-20)16-25-13-10-22(11-14-25)21(27)24-12-15-26(22)17-18-4-2-1-3-5-18/h1-9H,10-17H2,(H,24,27). The van der Waals surface area contributed by atoms with E-state index in [0.29, 0.717) is 6.54 Å². The zero-order chi connectivity index (χ0) is 18.7. The van der Waals surface area contributed by atoms with E-state index in [1.807, 2.05) is 18.2 Å². The number of carbonyl (C=O) groups excluding carboxylic acids is 1. The molecular weight excluding hydrogens is 341 g/mol. The summed E-state index contributed by atoms with van der Waals surface area (Å²) in [5.41, 5.74) is 1.95. The van der Waals surface area contributed by atoms with Crippen LogP contribution < -0.4 is 5.32 Å². The highest BCUT2D eigenvalue weighted by Gasteiger charge is 2.47. The molecule has 0 radical (unpaired) electrons. The quantitative estimate of drug-likeness (QED) is 0.903. The molecule has 1 spiro atoms. The zero-order valence-electron chi connectivity index (χ0n) is 15.5. The van der Waals surface area contributed by atoms with Crippen molar-refractivity contribution in [3.05, 3.63) is 71.5 Å². The molecule has 4 nitrogen and oxygen atoms in total. The van der Waals surface area contributed by atoms with Crippen molar-refractivity contribution in [2.24, 2.45) is 0 Å². The summed E-state index contributed by atoms with van der Waals surface area (Å²) in [6, 6.07) is 17.1. The van der Waals surface area contributed by atoms with Crippen molar-refractivity contribution in [3.8, 4) is 0 Å². The van der Waals surface area contributed by atoms with E-state index in [1.165, 1.54) is 17.7 Å². The molecule has 1 N–H and O–H groups in total. The van der Waals surface area contributed by atoms with Gasteiger partial charge in [0.05, 0.1) is 0 Å². The zero-order valence-corrected chi connectivity index (χ0v) is 15.5. The summed E-state index contributed by atoms with van der Waals surface area (Å²) < 4.78 is 13.1. The van der Waals surface area contributed by atoms with E-state index in [2.05, 4.69) is 39.4 Å². The number of nitrogens with zero attached hydrogens (tertiary/aromatic N) is 2. The first-order valence-electron chi connectivity index (χ1n) is 9.70. The SMILES string of the molecule is O=C1NCCN(Cc2ccccc2)C12CCN(Cc1ccc(F)cc1)CC2. The molecule has 2 aromatic carbocycles. The van der Waals surface area contributed by atoms with Crippen molar-refractivity contribution in [2.75, 3.05) is 26.2 Å². The summed E-state index contributed by atoms with van der Waals surface area (Å²) in [7, 11) is 0. The Balaban J connectivity index is 1.44. The minimum atomic E-state index is -0.409. The maximum Gasteiger partial charge on any atom is 0.240 e. The summed E-state index contributed by atoms with van der Waals surface area (Å²) in [6.45, 7) is 4.96. The predicted octanol–water partition coefficient (Wildman–Crippen LogP) is 2.79. The van der Waals surface area contributed by atoms with Crippen molar-refractivity contribution in [1.82, 2.24) is 15.1 Å². The maximum atomic E-state index is 13.1. The Bertz CT molecular complexity index is 770. The van der Waals surface area contributed by atoms with Crippen LogP contribution in [-0.4, -0.2) is 47.4 Å². The van der Waals surface area contributed by atoms with Crippen molar-refractivity contribution >= 4 is 5.91 Å². The number of nitrogens with one attached hydrogen (secondary N) is 1. The van der Waals surface area contributed by atoms with Crippen LogP contribution >= 0.6 is 0 Å². The lowest BCUT2D eigenvalue weighted by Crippen LogP contribution is -2.67. The van der Waals surface area contributed by atoms with E-state index in [4.69, 9.17) is 0 Å². The van der Waals surface area contributed by atoms with Gasteiger partial charge in [-0.1, -0.05) is 42.5 Å². The van der Waals surface area contributed by atoms with E-state index in [-0.39, 0.29) is 11.7 Å². The van der Waals surface area contributed by atoms with Gasteiger partial charge in [0.1, 0.15) is 11.4 Å². The average Bonchev–Trinajstić information content (AvgIpc) is 2.70. The van der Waals surface area contributed by atoms with Crippen LogP contribution in [0.5, 0.6) is 0 Å². The first kappa shape index (κ1) is 18.1. The molecule has 2 aromatic rings. The Morgan fingerprint density at radius 2 is 1.56 bits per heavy atom. The van der Waals surface area contributed by atoms with Crippen LogP contribution in [0.15, 0.2) is 54.6 Å². The first-order valence-corrected chi connectivity index (χ1v) is 9.70. The highest BCUT2D eigenvalue weighted by molar-refractivity contribution is 5.87. The Kier molecular flexibility index (Phi) is 5.23. The second-order valence-corrected chi connectivity index (χ2v) is 7.60. The third-order valence-corrected chi connectivity index (χ3v) is 5.91. The molecule has 1 amide bonds. The highest BCUT2D eigenvalue weighted by atomic mass is 19.1. The topological polar surface area (TPSA) is 35.6 Å². The van der Waals surface area contributed by atoms with E-state index >= 15 is 0 Å². The fraction of sp³-hybridized carbons (Fsp3) is 0.409. The molecule has 0 unspecified atom stereocenters. The van der Waals surface area contributed by atoms with Crippen molar-refractivity contribution in [2.45, 2.75) is 31.5 Å². The molecule has 27 heavy (non-hydrogen) atoms. The van der Waals surface area contributed by atoms with Gasteiger partial charge in [-0.15, -0.1) is 0 Å². The van der Waals surface area contributed by atoms with Gasteiger partial charge in [0.25, 0.3) is 0 Å². The van der Waals surface area contributed by atoms with Crippen molar-refractivity contribution < 1.29 is 9.18 Å². The van der Waals surface area contributed by atoms with Crippen LogP contribution in [-0.2, 0) is 17.9 Å². The molecule has 5 heteroatoms. The number of amides is 1. The third-order valence-electron chi connectivity index (χ3n) is 5.91. The monoisotopic (exact) mass is 367 g/mol. The number of rotatable bonds is 4. The molecule has 0 aromatic heterocycles. The maximum absolute atomic E-state index is 13.1. The smallest absolute Gasteiger partial charge is 0.240 e. The summed E-state index contributed by atoms with van der Waals surface area (Å²) >= 11 is 0. The molecule has 142 valence electrons. The summed E-state index contributed by atoms with van der Waals surface area (Å²) in [6.07, 6.45) is 1.65. The van der Waals surface area contributed by atoms with Gasteiger partial charge in [0.2, 0.25) is 5.91 Å². The number of halogens is 1. The van der Waals surface area contributed by atoms with E-state index in [9.17, 15) is 9.18 Å². The van der Waals surface area contributed by atoms with Crippen LogP contribution in [0, 0.1) is 5.82 Å². The molecule has 2 aliphatic rings. The second kappa shape index (κ2) is 7.79. The average molecular weight is 367 g/mol. The van der Waals surface area contributed by atoms with Gasteiger partial charge >= 0.3 is 0 Å². The highest BCUT2D eigenvalue weighted by Crippen LogP contribution is 2.33. The van der Waals surface area contributed by atoms with Gasteiger partial charge < -0.3 is 5.32 Å². The summed E-state index contributed by atoms with van der Waals surface area (Å²) in [5.74, 6) is -0.0297. The van der Waals surface area contributed by atoms with Gasteiger partial charge in [-0.2, -0.15) is 0 Å². The molecule has 2 aliphatic heterocycles. The Morgan fingerprint density at radius 3 is 2.26 bits per heavy atom. The van der Waals surface area contributed by atoms with Gasteiger partial charge in [0.15, 0.2) is 0 Å². The van der Waals surface area contributed by atoms with Gasteiger partial charge in [-0.05, 0) is 36.1 Å². The predicted molar refractivity (Wildman–Crippen MR) is 104 cm³/mol. The minimum Gasteiger partial charge on any atom is -0.353 e. The molecule has 2 saturated heterocycles. The number of benzene rings is 2. The Morgan fingerprint density at radius 1 is 0.889 bits per heavy atom. The molecule has 0 aliphatic carbocycles. The molecule has 0 bridgehead atoms. The Labute approximate surface area is 160 Å².